The first-order valence-corrected chi connectivity index (χ1v) is 11.0. The lowest BCUT2D eigenvalue weighted by molar-refractivity contribution is -0.890. The van der Waals surface area contributed by atoms with Crippen LogP contribution in [0.2, 0.25) is 0 Å². The average Bonchev–Trinajstić information content (AvgIpc) is 2.47. The minimum absolute atomic E-state index is 0.00406. The number of unbranched alkanes of at least 4 members (excludes halogenated alkanes) is 10. The summed E-state index contributed by atoms with van der Waals surface area (Å²) in [5.41, 5.74) is 0. The third-order valence-electron chi connectivity index (χ3n) is 4.50. The van der Waals surface area contributed by atoms with Gasteiger partial charge in [-0.15, -0.1) is 0 Å². The molecule has 146 valence electrons. The minimum Gasteiger partial charge on any atom is -0.726 e. The van der Waals surface area contributed by atoms with Crippen LogP contribution in [0.25, 0.3) is 0 Å². The summed E-state index contributed by atoms with van der Waals surface area (Å²) >= 11 is 0. The predicted molar refractivity (Wildman–Crippen MR) is 98.6 cm³/mol. The first kappa shape index (κ1) is 23.8. The van der Waals surface area contributed by atoms with Crippen LogP contribution in [-0.2, 0) is 14.6 Å². The van der Waals surface area contributed by atoms with Gasteiger partial charge in [0.2, 0.25) is 10.4 Å². The van der Waals surface area contributed by atoms with Gasteiger partial charge in [-0.05, 0) is 25.7 Å². The van der Waals surface area contributed by atoms with Crippen molar-refractivity contribution in [2.45, 2.75) is 84.0 Å². The molecule has 0 aliphatic heterocycles. The fourth-order valence-electron chi connectivity index (χ4n) is 2.94. The van der Waals surface area contributed by atoms with Crippen LogP contribution in [0.4, 0.5) is 0 Å². The molecule has 0 heterocycles. The zero-order chi connectivity index (χ0) is 18.3. The molecule has 0 amide bonds. The molecule has 0 atom stereocenters. The van der Waals surface area contributed by atoms with Gasteiger partial charge in [-0.2, -0.15) is 0 Å². The van der Waals surface area contributed by atoms with E-state index < -0.39 is 10.4 Å². The van der Waals surface area contributed by atoms with Gasteiger partial charge in [0, 0.05) is 0 Å². The van der Waals surface area contributed by atoms with Crippen molar-refractivity contribution in [3.8, 4) is 0 Å². The number of nitrogens with zero attached hydrogens (tertiary/aromatic N) is 1. The summed E-state index contributed by atoms with van der Waals surface area (Å²) in [5.74, 6) is 0. The van der Waals surface area contributed by atoms with Crippen LogP contribution in [0.3, 0.4) is 0 Å². The van der Waals surface area contributed by atoms with E-state index in [2.05, 4.69) is 25.2 Å². The van der Waals surface area contributed by atoms with Crippen molar-refractivity contribution >= 4 is 10.4 Å². The van der Waals surface area contributed by atoms with Crippen LogP contribution in [-0.4, -0.2) is 51.2 Å². The standard InChI is InChI=1S/C18H39NO4S/c1-4-5-6-7-8-9-10-11-12-13-16-19(2,3)17-14-15-18-23-24(20,21)22/h4-18H2,1-3H3. The first-order chi connectivity index (χ1) is 11.3. The van der Waals surface area contributed by atoms with Crippen LogP contribution in [0, 0.1) is 0 Å². The Bertz CT molecular complexity index is 382. The van der Waals surface area contributed by atoms with Crippen LogP contribution in [0.1, 0.15) is 84.0 Å². The molecule has 0 radical (unpaired) electrons. The highest BCUT2D eigenvalue weighted by Crippen LogP contribution is 2.12. The molecule has 0 rings (SSSR count). The monoisotopic (exact) mass is 365 g/mol. The lowest BCUT2D eigenvalue weighted by atomic mass is 10.1. The van der Waals surface area contributed by atoms with E-state index in [1.54, 1.807) is 0 Å². The van der Waals surface area contributed by atoms with Crippen molar-refractivity contribution in [2.75, 3.05) is 33.8 Å². The molecule has 0 aromatic carbocycles. The molecule has 0 unspecified atom stereocenters. The van der Waals surface area contributed by atoms with Gasteiger partial charge in [-0.25, -0.2) is 8.42 Å². The Kier molecular flexibility index (Phi) is 13.9. The highest BCUT2D eigenvalue weighted by Gasteiger charge is 2.13. The molecule has 6 heteroatoms. The summed E-state index contributed by atoms with van der Waals surface area (Å²) in [6.45, 7) is 4.39. The number of quaternary nitrogens is 1. The summed E-state index contributed by atoms with van der Waals surface area (Å²) in [6.07, 6.45) is 15.0. The van der Waals surface area contributed by atoms with Crippen LogP contribution in [0.15, 0.2) is 0 Å². The maximum Gasteiger partial charge on any atom is 0.217 e. The molecule has 0 spiro atoms. The largest absolute Gasteiger partial charge is 0.726 e. The molecule has 0 aliphatic rings. The van der Waals surface area contributed by atoms with E-state index in [1.807, 2.05) is 0 Å². The molecule has 0 aromatic rings. The Labute approximate surface area is 150 Å². The molecular weight excluding hydrogens is 326 g/mol. The van der Waals surface area contributed by atoms with Gasteiger partial charge in [-0.1, -0.05) is 58.3 Å². The van der Waals surface area contributed by atoms with Gasteiger partial charge in [0.1, 0.15) is 0 Å². The van der Waals surface area contributed by atoms with Crippen molar-refractivity contribution in [2.24, 2.45) is 0 Å². The summed E-state index contributed by atoms with van der Waals surface area (Å²) in [5, 5.41) is 0. The van der Waals surface area contributed by atoms with Gasteiger partial charge in [-0.3, -0.25) is 4.18 Å². The van der Waals surface area contributed by atoms with Crippen molar-refractivity contribution in [1.82, 2.24) is 0 Å². The molecular formula is C18H39NO4S. The molecule has 0 saturated carbocycles. The number of hydrogen-bond donors (Lipinski definition) is 0. The lowest BCUT2D eigenvalue weighted by Gasteiger charge is -2.30. The normalized spacial score (nSPS) is 12.7. The Morgan fingerprint density at radius 3 is 1.62 bits per heavy atom. The minimum atomic E-state index is -4.53. The van der Waals surface area contributed by atoms with E-state index in [-0.39, 0.29) is 6.61 Å². The van der Waals surface area contributed by atoms with Gasteiger partial charge >= 0.3 is 0 Å². The van der Waals surface area contributed by atoms with E-state index >= 15 is 0 Å². The second kappa shape index (κ2) is 14.0. The topological polar surface area (TPSA) is 66.4 Å². The van der Waals surface area contributed by atoms with Crippen molar-refractivity contribution in [3.05, 3.63) is 0 Å². The van der Waals surface area contributed by atoms with E-state index in [0.29, 0.717) is 6.42 Å². The van der Waals surface area contributed by atoms with Crippen LogP contribution >= 0.6 is 0 Å². The Hall–Kier alpha value is -0.170. The maximum absolute atomic E-state index is 10.3. The molecule has 0 aromatic heterocycles. The Balaban J connectivity index is 3.44. The fourth-order valence-corrected chi connectivity index (χ4v) is 3.26. The van der Waals surface area contributed by atoms with Gasteiger partial charge in [0.15, 0.2) is 0 Å². The summed E-state index contributed by atoms with van der Waals surface area (Å²) < 4.78 is 36.1. The van der Waals surface area contributed by atoms with Crippen LogP contribution in [0.5, 0.6) is 0 Å². The lowest BCUT2D eigenvalue weighted by Crippen LogP contribution is -2.41. The first-order valence-electron chi connectivity index (χ1n) is 9.69. The average molecular weight is 366 g/mol. The highest BCUT2D eigenvalue weighted by molar-refractivity contribution is 7.80. The number of rotatable bonds is 17. The Morgan fingerprint density at radius 1 is 0.750 bits per heavy atom. The van der Waals surface area contributed by atoms with Gasteiger partial charge < -0.3 is 9.04 Å². The third kappa shape index (κ3) is 18.2. The van der Waals surface area contributed by atoms with Crippen LogP contribution < -0.4 is 0 Å². The quantitative estimate of drug-likeness (QED) is 0.167. The fraction of sp³-hybridized carbons (Fsp3) is 1.00. The molecule has 24 heavy (non-hydrogen) atoms. The van der Waals surface area contributed by atoms with Crippen molar-refractivity contribution < 1.29 is 21.6 Å². The highest BCUT2D eigenvalue weighted by atomic mass is 32.3. The molecule has 0 fully saturated rings. The second-order valence-corrected chi connectivity index (χ2v) is 8.55. The molecule has 5 nitrogen and oxygen atoms in total. The van der Waals surface area contributed by atoms with Gasteiger partial charge in [0.05, 0.1) is 33.8 Å². The maximum atomic E-state index is 10.3. The summed E-state index contributed by atoms with van der Waals surface area (Å²) in [4.78, 5) is 0. The second-order valence-electron chi connectivity index (χ2n) is 7.50. The predicted octanol–water partition coefficient (Wildman–Crippen LogP) is 4.24. The smallest absolute Gasteiger partial charge is 0.217 e. The summed E-state index contributed by atoms with van der Waals surface area (Å²) in [7, 11) is -0.113. The zero-order valence-corrected chi connectivity index (χ0v) is 16.9. The van der Waals surface area contributed by atoms with E-state index in [9.17, 15) is 13.0 Å². The van der Waals surface area contributed by atoms with E-state index in [4.69, 9.17) is 0 Å². The van der Waals surface area contributed by atoms with E-state index in [1.165, 1.54) is 64.2 Å². The summed E-state index contributed by atoms with van der Waals surface area (Å²) in [6, 6.07) is 0. The molecule has 0 N–H and O–H groups in total. The SMILES string of the molecule is CCCCCCCCCCCC[N+](C)(C)CCCCOS(=O)(=O)[O-]. The zero-order valence-electron chi connectivity index (χ0n) is 16.1. The van der Waals surface area contributed by atoms with Crippen molar-refractivity contribution in [3.63, 3.8) is 0 Å². The molecule has 0 bridgehead atoms. The molecule has 0 saturated heterocycles. The number of hydrogen-bond acceptors (Lipinski definition) is 4. The Morgan fingerprint density at radius 2 is 1.17 bits per heavy atom. The third-order valence-corrected chi connectivity index (χ3v) is 4.96. The van der Waals surface area contributed by atoms with Crippen molar-refractivity contribution in [1.29, 1.82) is 0 Å². The van der Waals surface area contributed by atoms with Gasteiger partial charge in [0.25, 0.3) is 0 Å². The van der Waals surface area contributed by atoms with E-state index in [0.717, 1.165) is 24.0 Å². The molecule has 0 aliphatic carbocycles.